The van der Waals surface area contributed by atoms with Crippen LogP contribution in [0.1, 0.15) is 23.9 Å². The van der Waals surface area contributed by atoms with Crippen LogP contribution in [-0.2, 0) is 22.1 Å². The van der Waals surface area contributed by atoms with Gasteiger partial charge >= 0.3 is 0 Å². The summed E-state index contributed by atoms with van der Waals surface area (Å²) >= 11 is 1.51. The highest BCUT2D eigenvalue weighted by Crippen LogP contribution is 2.21. The van der Waals surface area contributed by atoms with E-state index in [1.807, 2.05) is 49.6 Å². The van der Waals surface area contributed by atoms with Gasteiger partial charge in [0.05, 0.1) is 11.5 Å². The van der Waals surface area contributed by atoms with Crippen LogP contribution in [0.4, 0.5) is 0 Å². The Kier molecular flexibility index (Phi) is 6.97. The number of rotatable bonds is 9. The van der Waals surface area contributed by atoms with E-state index in [1.54, 1.807) is 24.3 Å². The lowest BCUT2D eigenvalue weighted by molar-refractivity contribution is 0.343. The molecule has 3 aromatic rings. The first-order valence-electron chi connectivity index (χ1n) is 9.43. The van der Waals surface area contributed by atoms with Gasteiger partial charge in [0.15, 0.2) is 15.0 Å². The maximum atomic E-state index is 12.7. The summed E-state index contributed by atoms with van der Waals surface area (Å²) in [4.78, 5) is 0.300. The number of hydrogen-bond donors (Lipinski definition) is 0. The molecule has 0 saturated heterocycles. The molecule has 6 nitrogen and oxygen atoms in total. The summed E-state index contributed by atoms with van der Waals surface area (Å²) in [7, 11) is -3.47. The maximum Gasteiger partial charge on any atom is 0.191 e. The SMILES string of the molecule is CCn1c(CS(=O)(=O)c2ccc(C)cc2)nnc1SCCOc1ccc(C)cc1. The van der Waals surface area contributed by atoms with Gasteiger partial charge in [0, 0.05) is 12.3 Å². The zero-order chi connectivity index (χ0) is 20.9. The van der Waals surface area contributed by atoms with Crippen LogP contribution >= 0.6 is 11.8 Å². The molecule has 0 radical (unpaired) electrons. The molecule has 154 valence electrons. The second-order valence-electron chi connectivity index (χ2n) is 6.73. The number of ether oxygens (including phenoxy) is 1. The van der Waals surface area contributed by atoms with Crippen LogP contribution in [0.5, 0.6) is 5.75 Å². The van der Waals surface area contributed by atoms with Crippen molar-refractivity contribution in [3.8, 4) is 5.75 Å². The molecule has 1 aromatic heterocycles. The Labute approximate surface area is 176 Å². The summed E-state index contributed by atoms with van der Waals surface area (Å²) in [6.07, 6.45) is 0. The van der Waals surface area contributed by atoms with E-state index in [9.17, 15) is 8.42 Å². The fraction of sp³-hybridized carbons (Fsp3) is 0.333. The predicted octanol–water partition coefficient (Wildman–Crippen LogP) is 4.06. The predicted molar refractivity (Wildman–Crippen MR) is 115 cm³/mol. The van der Waals surface area contributed by atoms with E-state index in [1.165, 1.54) is 17.3 Å². The normalized spacial score (nSPS) is 11.6. The van der Waals surface area contributed by atoms with E-state index in [-0.39, 0.29) is 5.75 Å². The molecule has 2 aromatic carbocycles. The monoisotopic (exact) mass is 431 g/mol. The van der Waals surface area contributed by atoms with Crippen molar-refractivity contribution >= 4 is 21.6 Å². The first-order valence-corrected chi connectivity index (χ1v) is 12.1. The Morgan fingerprint density at radius 3 is 2.21 bits per heavy atom. The zero-order valence-electron chi connectivity index (χ0n) is 16.8. The molecule has 0 aliphatic heterocycles. The van der Waals surface area contributed by atoms with Crippen LogP contribution in [-0.4, -0.2) is 35.5 Å². The van der Waals surface area contributed by atoms with E-state index in [4.69, 9.17) is 4.74 Å². The van der Waals surface area contributed by atoms with Gasteiger partial charge < -0.3 is 9.30 Å². The third kappa shape index (κ3) is 5.61. The van der Waals surface area contributed by atoms with Crippen molar-refractivity contribution in [2.24, 2.45) is 0 Å². The van der Waals surface area contributed by atoms with Crippen molar-refractivity contribution < 1.29 is 13.2 Å². The summed E-state index contributed by atoms with van der Waals surface area (Å²) in [5, 5.41) is 9.03. The van der Waals surface area contributed by atoms with Crippen LogP contribution < -0.4 is 4.74 Å². The first kappa shape index (κ1) is 21.4. The summed E-state index contributed by atoms with van der Waals surface area (Å²) < 4.78 is 33.0. The van der Waals surface area contributed by atoms with Crippen molar-refractivity contribution in [1.29, 1.82) is 0 Å². The quantitative estimate of drug-likeness (QED) is 0.376. The Hall–Kier alpha value is -2.32. The second kappa shape index (κ2) is 9.45. The minimum atomic E-state index is -3.47. The largest absolute Gasteiger partial charge is 0.493 e. The van der Waals surface area contributed by atoms with Crippen molar-refractivity contribution in [2.45, 2.75) is 43.1 Å². The Morgan fingerprint density at radius 1 is 0.966 bits per heavy atom. The van der Waals surface area contributed by atoms with Gasteiger partial charge in [-0.1, -0.05) is 47.2 Å². The van der Waals surface area contributed by atoms with Crippen LogP contribution in [0.2, 0.25) is 0 Å². The molecule has 0 bridgehead atoms. The average Bonchev–Trinajstić information content (AvgIpc) is 3.07. The van der Waals surface area contributed by atoms with E-state index in [2.05, 4.69) is 10.2 Å². The van der Waals surface area contributed by atoms with Gasteiger partial charge in [-0.3, -0.25) is 0 Å². The van der Waals surface area contributed by atoms with Crippen LogP contribution in [0.3, 0.4) is 0 Å². The molecular formula is C21H25N3O3S2. The van der Waals surface area contributed by atoms with Gasteiger partial charge in [0.1, 0.15) is 17.3 Å². The maximum absolute atomic E-state index is 12.7. The summed E-state index contributed by atoms with van der Waals surface area (Å²) in [5.41, 5.74) is 2.21. The molecule has 3 rings (SSSR count). The van der Waals surface area contributed by atoms with Crippen LogP contribution in [0.25, 0.3) is 0 Å². The number of hydrogen-bond acceptors (Lipinski definition) is 6. The molecule has 0 atom stereocenters. The average molecular weight is 432 g/mol. The molecule has 0 aliphatic rings. The number of aromatic nitrogens is 3. The van der Waals surface area contributed by atoms with Crippen LogP contribution in [0, 0.1) is 13.8 Å². The Balaban J connectivity index is 1.62. The molecule has 0 N–H and O–H groups in total. The smallest absolute Gasteiger partial charge is 0.191 e. The van der Waals surface area contributed by atoms with Gasteiger partial charge in [-0.05, 0) is 45.0 Å². The summed E-state index contributed by atoms with van der Waals surface area (Å²) in [5.74, 6) is 1.81. The highest BCUT2D eigenvalue weighted by molar-refractivity contribution is 7.99. The van der Waals surface area contributed by atoms with E-state index < -0.39 is 9.84 Å². The third-order valence-electron chi connectivity index (χ3n) is 4.41. The highest BCUT2D eigenvalue weighted by atomic mass is 32.2. The summed E-state index contributed by atoms with van der Waals surface area (Å²) in [6.45, 7) is 7.05. The van der Waals surface area contributed by atoms with Crippen molar-refractivity contribution in [3.05, 3.63) is 65.5 Å². The van der Waals surface area contributed by atoms with Crippen molar-refractivity contribution in [1.82, 2.24) is 14.8 Å². The van der Waals surface area contributed by atoms with E-state index >= 15 is 0 Å². The number of sulfone groups is 1. The molecule has 0 aliphatic carbocycles. The lowest BCUT2D eigenvalue weighted by atomic mass is 10.2. The standard InChI is InChI=1S/C21H25N3O3S2/c1-4-24-20(15-29(25,26)19-11-7-17(3)8-12-19)22-23-21(24)28-14-13-27-18-9-5-16(2)6-10-18/h5-12H,4,13-15H2,1-3H3. The molecule has 0 spiro atoms. The van der Waals surface area contributed by atoms with Gasteiger partial charge in [0.25, 0.3) is 0 Å². The summed E-state index contributed by atoms with van der Waals surface area (Å²) in [6, 6.07) is 14.8. The van der Waals surface area contributed by atoms with Gasteiger partial charge in [-0.25, -0.2) is 8.42 Å². The van der Waals surface area contributed by atoms with Crippen molar-refractivity contribution in [3.63, 3.8) is 0 Å². The van der Waals surface area contributed by atoms with Gasteiger partial charge in [-0.15, -0.1) is 10.2 Å². The molecular weight excluding hydrogens is 406 g/mol. The lowest BCUT2D eigenvalue weighted by Crippen LogP contribution is -2.11. The number of nitrogens with zero attached hydrogens (tertiary/aromatic N) is 3. The Bertz CT molecular complexity index is 1040. The number of thioether (sulfide) groups is 1. The molecule has 0 unspecified atom stereocenters. The molecule has 29 heavy (non-hydrogen) atoms. The molecule has 0 amide bonds. The fourth-order valence-corrected chi connectivity index (χ4v) is 4.89. The third-order valence-corrected chi connectivity index (χ3v) is 6.97. The minimum Gasteiger partial charge on any atom is -0.493 e. The zero-order valence-corrected chi connectivity index (χ0v) is 18.5. The van der Waals surface area contributed by atoms with Crippen LogP contribution in [0.15, 0.2) is 58.6 Å². The van der Waals surface area contributed by atoms with Gasteiger partial charge in [-0.2, -0.15) is 0 Å². The Morgan fingerprint density at radius 2 is 1.59 bits per heavy atom. The first-order chi connectivity index (χ1) is 13.9. The minimum absolute atomic E-state index is 0.169. The molecule has 0 fully saturated rings. The van der Waals surface area contributed by atoms with E-state index in [0.717, 1.165) is 11.3 Å². The van der Waals surface area contributed by atoms with Gasteiger partial charge in [0.2, 0.25) is 0 Å². The molecule has 8 heteroatoms. The lowest BCUT2D eigenvalue weighted by Gasteiger charge is -2.09. The number of aryl methyl sites for hydroxylation is 2. The topological polar surface area (TPSA) is 74.1 Å². The highest BCUT2D eigenvalue weighted by Gasteiger charge is 2.21. The van der Waals surface area contributed by atoms with E-state index in [0.29, 0.717) is 34.8 Å². The molecule has 1 heterocycles. The second-order valence-corrected chi connectivity index (χ2v) is 9.78. The fourth-order valence-electron chi connectivity index (χ4n) is 2.78. The molecule has 0 saturated carbocycles. The van der Waals surface area contributed by atoms with Crippen molar-refractivity contribution in [2.75, 3.05) is 12.4 Å². The number of benzene rings is 2.